The lowest BCUT2D eigenvalue weighted by atomic mass is 10.0. The molecule has 0 heterocycles. The molecule has 0 unspecified atom stereocenters. The lowest BCUT2D eigenvalue weighted by Crippen LogP contribution is -2.57. The van der Waals surface area contributed by atoms with E-state index < -0.39 is 41.8 Å². The number of hydrogen-bond acceptors (Lipinski definition) is 7. The highest BCUT2D eigenvalue weighted by atomic mass is 16.2. The second-order valence-corrected chi connectivity index (χ2v) is 9.73. The van der Waals surface area contributed by atoms with Crippen molar-refractivity contribution in [2.75, 3.05) is 13.1 Å². The first kappa shape index (κ1) is 35.1. The highest BCUT2D eigenvalue weighted by molar-refractivity contribution is 5.99. The molecule has 0 saturated carbocycles. The fraction of sp³-hybridized carbons (Fsp3) is 0.444. The summed E-state index contributed by atoms with van der Waals surface area (Å²) in [7, 11) is 0. The molecule has 0 aromatic heterocycles. The van der Waals surface area contributed by atoms with Crippen LogP contribution in [0.1, 0.15) is 55.5 Å². The van der Waals surface area contributed by atoms with E-state index >= 15 is 0 Å². The molecule has 3 atom stereocenters. The molecule has 0 aliphatic heterocycles. The Balaban J connectivity index is 3.04. The Morgan fingerprint density at radius 1 is 0.786 bits per heavy atom. The summed E-state index contributed by atoms with van der Waals surface area (Å²) in [5.74, 6) is -3.08. The monoisotopic (exact) mass is 586 g/mol. The molecule has 4 amide bonds. The van der Waals surface area contributed by atoms with Crippen molar-refractivity contribution in [3.05, 3.63) is 41.5 Å². The minimum atomic E-state index is -1.09. The molecular weight excluding hydrogens is 544 g/mol. The lowest BCUT2D eigenvalue weighted by Gasteiger charge is -2.26. The standard InChI is InChI=1S/C27H42N10O5/c1-16(2)21(37-23(40)18-11-9-17(10-12-18)6-5-15-38)25(42)36-20(8-4-14-34-27(31)32)24(41)35-19(22(28)39)7-3-13-33-26(29)30/h5-6,9-12,15-16,19-21H,3-4,7-8,13-14H2,1-2H3,(H2,28,39)(H,35,41)(H,36,42)(H,37,40)(H4,29,30,33)(H4,31,32,34)/b6-5+/t19-,20-,21-/m0/s1. The molecule has 1 rings (SSSR count). The lowest BCUT2D eigenvalue weighted by molar-refractivity contribution is -0.132. The predicted octanol–water partition coefficient (Wildman–Crippen LogP) is -1.78. The normalized spacial score (nSPS) is 12.9. The maximum atomic E-state index is 13.3. The summed E-state index contributed by atoms with van der Waals surface area (Å²) in [4.78, 5) is 69.7. The van der Waals surface area contributed by atoms with E-state index in [9.17, 15) is 24.0 Å². The van der Waals surface area contributed by atoms with Crippen molar-refractivity contribution in [1.29, 1.82) is 0 Å². The maximum absolute atomic E-state index is 13.3. The van der Waals surface area contributed by atoms with Gasteiger partial charge in [-0.2, -0.15) is 0 Å². The summed E-state index contributed by atoms with van der Waals surface area (Å²) < 4.78 is 0. The van der Waals surface area contributed by atoms with E-state index in [-0.39, 0.29) is 43.8 Å². The summed E-state index contributed by atoms with van der Waals surface area (Å²) in [6.07, 6.45) is 4.54. The molecular formula is C27H42N10O5. The Morgan fingerprint density at radius 3 is 1.79 bits per heavy atom. The van der Waals surface area contributed by atoms with Crippen molar-refractivity contribution in [2.24, 2.45) is 44.6 Å². The number of guanidine groups is 2. The number of nitrogens with zero attached hydrogens (tertiary/aromatic N) is 2. The minimum absolute atomic E-state index is 0.103. The number of benzene rings is 1. The van der Waals surface area contributed by atoms with Gasteiger partial charge in [-0.05, 0) is 55.4 Å². The van der Waals surface area contributed by atoms with Crippen molar-refractivity contribution in [3.8, 4) is 0 Å². The second kappa shape index (κ2) is 18.4. The zero-order valence-electron chi connectivity index (χ0n) is 23.9. The van der Waals surface area contributed by atoms with E-state index in [1.54, 1.807) is 44.2 Å². The Bertz CT molecular complexity index is 1160. The van der Waals surface area contributed by atoms with E-state index in [0.717, 1.165) is 5.56 Å². The van der Waals surface area contributed by atoms with Crippen LogP contribution in [0.2, 0.25) is 0 Å². The predicted molar refractivity (Wildman–Crippen MR) is 161 cm³/mol. The van der Waals surface area contributed by atoms with Crippen molar-refractivity contribution < 1.29 is 24.0 Å². The first-order valence-electron chi connectivity index (χ1n) is 13.4. The van der Waals surface area contributed by atoms with Crippen LogP contribution in [-0.4, -0.2) is 73.0 Å². The number of aliphatic imine (C=N–C) groups is 2. The number of aldehydes is 1. The minimum Gasteiger partial charge on any atom is -0.370 e. The fourth-order valence-electron chi connectivity index (χ4n) is 3.75. The van der Waals surface area contributed by atoms with Crippen molar-refractivity contribution >= 4 is 47.9 Å². The van der Waals surface area contributed by atoms with Gasteiger partial charge < -0.3 is 44.6 Å². The van der Waals surface area contributed by atoms with Gasteiger partial charge in [-0.3, -0.25) is 34.0 Å². The average molecular weight is 587 g/mol. The number of carbonyl (C=O) groups excluding carboxylic acids is 5. The van der Waals surface area contributed by atoms with E-state index in [2.05, 4.69) is 25.9 Å². The summed E-state index contributed by atoms with van der Waals surface area (Å²) in [5, 5.41) is 7.96. The second-order valence-electron chi connectivity index (χ2n) is 9.73. The number of hydrogen-bond donors (Lipinski definition) is 8. The smallest absolute Gasteiger partial charge is 0.251 e. The van der Waals surface area contributed by atoms with E-state index in [0.29, 0.717) is 24.7 Å². The molecule has 0 saturated heterocycles. The molecule has 15 nitrogen and oxygen atoms in total. The zero-order chi connectivity index (χ0) is 31.7. The highest BCUT2D eigenvalue weighted by Crippen LogP contribution is 2.10. The van der Waals surface area contributed by atoms with Gasteiger partial charge in [0.15, 0.2) is 11.9 Å². The summed E-state index contributed by atoms with van der Waals surface area (Å²) in [6, 6.07) is 3.32. The Kier molecular flexibility index (Phi) is 15.4. The number of allylic oxidation sites excluding steroid dienone is 1. The number of nitrogens with two attached hydrogens (primary N) is 5. The zero-order valence-corrected chi connectivity index (χ0v) is 23.9. The van der Waals surface area contributed by atoms with Gasteiger partial charge in [-0.25, -0.2) is 0 Å². The van der Waals surface area contributed by atoms with Crippen LogP contribution in [0.15, 0.2) is 40.3 Å². The SMILES string of the molecule is CC(C)[C@H](NC(=O)c1ccc(/C=C/C=O)cc1)C(=O)N[C@@H](CCCN=C(N)N)C(=O)N[C@@H](CCCN=C(N)N)C(N)=O. The molecule has 0 bridgehead atoms. The molecule has 0 spiro atoms. The largest absolute Gasteiger partial charge is 0.370 e. The fourth-order valence-corrected chi connectivity index (χ4v) is 3.75. The van der Waals surface area contributed by atoms with E-state index in [4.69, 9.17) is 28.7 Å². The number of carbonyl (C=O) groups is 5. The quantitative estimate of drug-likeness (QED) is 0.0317. The Labute approximate surface area is 244 Å². The molecule has 1 aromatic rings. The number of rotatable bonds is 18. The van der Waals surface area contributed by atoms with Gasteiger partial charge in [0.2, 0.25) is 17.7 Å². The Hall–Kier alpha value is -4.95. The molecule has 15 heteroatoms. The summed E-state index contributed by atoms with van der Waals surface area (Å²) in [5.41, 5.74) is 27.8. The molecule has 0 aliphatic carbocycles. The molecule has 1 aromatic carbocycles. The van der Waals surface area contributed by atoms with Crippen LogP contribution < -0.4 is 44.6 Å². The molecule has 0 fully saturated rings. The van der Waals surface area contributed by atoms with Crippen LogP contribution >= 0.6 is 0 Å². The van der Waals surface area contributed by atoms with E-state index in [1.165, 1.54) is 6.08 Å². The molecule has 42 heavy (non-hydrogen) atoms. The number of nitrogens with one attached hydrogen (secondary N) is 3. The van der Waals surface area contributed by atoms with Crippen molar-refractivity contribution in [3.63, 3.8) is 0 Å². The van der Waals surface area contributed by atoms with Crippen LogP contribution in [-0.2, 0) is 19.2 Å². The van der Waals surface area contributed by atoms with Crippen LogP contribution in [0.3, 0.4) is 0 Å². The maximum Gasteiger partial charge on any atom is 0.251 e. The van der Waals surface area contributed by atoms with E-state index in [1.807, 2.05) is 0 Å². The molecule has 230 valence electrons. The first-order valence-corrected chi connectivity index (χ1v) is 13.4. The van der Waals surface area contributed by atoms with Crippen LogP contribution in [0.4, 0.5) is 0 Å². The third-order valence-corrected chi connectivity index (χ3v) is 5.96. The van der Waals surface area contributed by atoms with Crippen molar-refractivity contribution in [2.45, 2.75) is 57.7 Å². The third-order valence-electron chi connectivity index (χ3n) is 5.96. The molecule has 0 radical (unpaired) electrons. The van der Waals surface area contributed by atoms with Crippen LogP contribution in [0.25, 0.3) is 6.08 Å². The number of amides is 4. The van der Waals surface area contributed by atoms with Gasteiger partial charge in [0.05, 0.1) is 0 Å². The topological polar surface area (TPSA) is 276 Å². The van der Waals surface area contributed by atoms with Crippen LogP contribution in [0.5, 0.6) is 0 Å². The summed E-state index contributed by atoms with van der Waals surface area (Å²) >= 11 is 0. The Morgan fingerprint density at radius 2 is 1.31 bits per heavy atom. The molecule has 0 aliphatic rings. The highest BCUT2D eigenvalue weighted by Gasteiger charge is 2.30. The van der Waals surface area contributed by atoms with Gasteiger partial charge in [0.25, 0.3) is 5.91 Å². The first-order chi connectivity index (χ1) is 19.8. The van der Waals surface area contributed by atoms with Crippen molar-refractivity contribution in [1.82, 2.24) is 16.0 Å². The van der Waals surface area contributed by atoms with Gasteiger partial charge in [-0.15, -0.1) is 0 Å². The van der Waals surface area contributed by atoms with Gasteiger partial charge in [0, 0.05) is 18.7 Å². The third kappa shape index (κ3) is 13.4. The molecule has 13 N–H and O–H groups in total. The average Bonchev–Trinajstić information content (AvgIpc) is 2.93. The van der Waals surface area contributed by atoms with Gasteiger partial charge >= 0.3 is 0 Å². The number of primary amides is 1. The van der Waals surface area contributed by atoms with Gasteiger partial charge in [0.1, 0.15) is 24.4 Å². The van der Waals surface area contributed by atoms with Gasteiger partial charge in [-0.1, -0.05) is 32.1 Å². The van der Waals surface area contributed by atoms with Crippen LogP contribution in [0, 0.1) is 5.92 Å². The summed E-state index contributed by atoms with van der Waals surface area (Å²) in [6.45, 7) is 3.91.